The smallest absolute Gasteiger partial charge is 0.256 e. The van der Waals surface area contributed by atoms with Gasteiger partial charge in [-0.3, -0.25) is 33.7 Å². The minimum atomic E-state index is -0.647. The van der Waals surface area contributed by atoms with E-state index in [1.54, 1.807) is 53.7 Å². The number of rotatable bonds is 13. The highest BCUT2D eigenvalue weighted by Gasteiger charge is 2.40. The van der Waals surface area contributed by atoms with Crippen molar-refractivity contribution >= 4 is 52.4 Å². The number of anilines is 3. The number of amides is 5. The Kier molecular flexibility index (Phi) is 10.6. The molecular formula is C42H44N10O5. The number of nitrogens with one attached hydrogen (secondary N) is 3. The first-order valence-corrected chi connectivity index (χ1v) is 19.5. The van der Waals surface area contributed by atoms with Crippen LogP contribution in [0.15, 0.2) is 79.3 Å². The lowest BCUT2D eigenvalue weighted by Crippen LogP contribution is -2.52. The number of imidazole rings is 1. The molecule has 2 fully saturated rings. The summed E-state index contributed by atoms with van der Waals surface area (Å²) in [7, 11) is 0. The zero-order valence-corrected chi connectivity index (χ0v) is 31.4. The van der Waals surface area contributed by atoms with E-state index in [-0.39, 0.29) is 36.1 Å². The molecule has 6 heterocycles. The summed E-state index contributed by atoms with van der Waals surface area (Å²) in [4.78, 5) is 80.8. The van der Waals surface area contributed by atoms with E-state index in [1.807, 2.05) is 39.8 Å². The van der Waals surface area contributed by atoms with Gasteiger partial charge in [0.25, 0.3) is 11.8 Å². The van der Waals surface area contributed by atoms with Crippen LogP contribution in [0.2, 0.25) is 0 Å². The number of piperidine rings is 1. The van der Waals surface area contributed by atoms with Crippen molar-refractivity contribution in [2.24, 2.45) is 0 Å². The topological polar surface area (TPSA) is 197 Å². The average Bonchev–Trinajstić information content (AvgIpc) is 3.95. The summed E-state index contributed by atoms with van der Waals surface area (Å²) in [6.07, 6.45) is 11.2. The molecule has 2 atom stereocenters. The van der Waals surface area contributed by atoms with Gasteiger partial charge in [-0.2, -0.15) is 0 Å². The van der Waals surface area contributed by atoms with Crippen LogP contribution in [0.5, 0.6) is 0 Å². The number of pyridine rings is 1. The van der Waals surface area contributed by atoms with Crippen LogP contribution in [-0.2, 0) is 20.9 Å². The number of likely N-dealkylation sites (tertiary alicyclic amines) is 1. The van der Waals surface area contributed by atoms with Crippen LogP contribution in [0.4, 0.5) is 17.3 Å². The van der Waals surface area contributed by atoms with Gasteiger partial charge >= 0.3 is 0 Å². The van der Waals surface area contributed by atoms with E-state index in [0.29, 0.717) is 66.4 Å². The Hall–Kier alpha value is -6.64. The molecule has 15 nitrogen and oxygen atoms in total. The number of benzene rings is 2. The molecule has 5 aromatic rings. The van der Waals surface area contributed by atoms with E-state index in [1.165, 1.54) is 0 Å². The SMILES string of the molecule is Nc1nccn2c([C@@H]3CCCN3C(=O)CCCCCCNc3cccc4c3CN(C3CCC(=O)NC3=O)C4=O)nc(-c3ccc(C(=O)Nc4ccccn4)cc3)c12. The molecule has 0 radical (unpaired) electrons. The molecule has 15 heteroatoms. The second kappa shape index (κ2) is 16.2. The van der Waals surface area contributed by atoms with Crippen LogP contribution in [0, 0.1) is 0 Å². The molecule has 2 aromatic carbocycles. The fourth-order valence-electron chi connectivity index (χ4n) is 8.13. The van der Waals surface area contributed by atoms with E-state index in [9.17, 15) is 24.0 Å². The first-order chi connectivity index (χ1) is 27.8. The van der Waals surface area contributed by atoms with Crippen molar-refractivity contribution in [3.8, 4) is 11.3 Å². The Bertz CT molecular complexity index is 2340. The number of nitrogen functional groups attached to an aromatic ring is 1. The second-order valence-corrected chi connectivity index (χ2v) is 14.7. The minimum absolute atomic E-state index is 0.101. The molecule has 1 unspecified atom stereocenters. The van der Waals surface area contributed by atoms with E-state index in [0.717, 1.165) is 61.2 Å². The third-order valence-corrected chi connectivity index (χ3v) is 11.0. The Morgan fingerprint density at radius 2 is 1.74 bits per heavy atom. The highest BCUT2D eigenvalue weighted by Crippen LogP contribution is 2.37. The van der Waals surface area contributed by atoms with Gasteiger partial charge in [0.2, 0.25) is 17.7 Å². The first kappa shape index (κ1) is 37.3. The Balaban J connectivity index is 0.848. The number of carbonyl (C=O) groups excluding carboxylic acids is 5. The molecule has 5 N–H and O–H groups in total. The largest absolute Gasteiger partial charge is 0.385 e. The molecule has 0 saturated carbocycles. The van der Waals surface area contributed by atoms with Crippen molar-refractivity contribution in [1.82, 2.24) is 34.5 Å². The van der Waals surface area contributed by atoms with Crippen LogP contribution in [0.25, 0.3) is 16.8 Å². The zero-order chi connectivity index (χ0) is 39.5. The van der Waals surface area contributed by atoms with Gasteiger partial charge in [-0.25, -0.2) is 15.0 Å². The average molecular weight is 769 g/mol. The standard InChI is InChI=1S/C42H44N10O5/c43-38-37-36(26-14-16-27(17-15-26)40(55)47-33-12-4-6-21-45-33)49-39(51(37)24-22-46-38)31-11-8-23-50(31)35(54)13-3-1-2-5-20-44-30-10-7-9-28-29(30)25-52(42(28)57)32-18-19-34(53)48-41(32)56/h4,6-7,9-10,12,14-17,21-22,24,31-32,44H,1-3,5,8,11,13,18-20,23,25H2,(H2,43,46)(H,45,47,55)(H,48,53,56)/t31-,32?/m0/s1. The maximum absolute atomic E-state index is 13.7. The van der Waals surface area contributed by atoms with Crippen LogP contribution < -0.4 is 21.7 Å². The van der Waals surface area contributed by atoms with Gasteiger partial charge in [-0.15, -0.1) is 0 Å². The lowest BCUT2D eigenvalue weighted by molar-refractivity contribution is -0.137. The van der Waals surface area contributed by atoms with Crippen LogP contribution in [0.3, 0.4) is 0 Å². The molecule has 0 bridgehead atoms. The Labute approximate surface area is 329 Å². The molecular weight excluding hydrogens is 725 g/mol. The maximum atomic E-state index is 13.7. The molecule has 3 aliphatic heterocycles. The molecule has 292 valence electrons. The van der Waals surface area contributed by atoms with Gasteiger partial charge in [0.1, 0.15) is 34.7 Å². The fraction of sp³-hybridized carbons (Fsp3) is 0.333. The van der Waals surface area contributed by atoms with Gasteiger partial charge < -0.3 is 26.2 Å². The van der Waals surface area contributed by atoms with E-state index >= 15 is 0 Å². The summed E-state index contributed by atoms with van der Waals surface area (Å²) in [6, 6.07) is 17.2. The summed E-state index contributed by atoms with van der Waals surface area (Å²) in [5, 5.41) is 8.62. The molecule has 3 aliphatic rings. The van der Waals surface area contributed by atoms with Crippen LogP contribution >= 0.6 is 0 Å². The quantitative estimate of drug-likeness (QED) is 0.0923. The van der Waals surface area contributed by atoms with Gasteiger partial charge in [0.05, 0.1) is 6.04 Å². The normalized spacial score (nSPS) is 17.9. The Morgan fingerprint density at radius 3 is 2.54 bits per heavy atom. The van der Waals surface area contributed by atoms with Crippen molar-refractivity contribution in [2.75, 3.05) is 29.5 Å². The van der Waals surface area contributed by atoms with E-state index in [2.05, 4.69) is 25.9 Å². The summed E-state index contributed by atoms with van der Waals surface area (Å²) in [5.41, 5.74) is 11.3. The number of aromatic nitrogens is 4. The maximum Gasteiger partial charge on any atom is 0.256 e. The van der Waals surface area contributed by atoms with Crippen LogP contribution in [-0.4, -0.2) is 77.8 Å². The third kappa shape index (κ3) is 7.64. The number of fused-ring (bicyclic) bond motifs is 2. The first-order valence-electron chi connectivity index (χ1n) is 19.5. The second-order valence-electron chi connectivity index (χ2n) is 14.7. The Morgan fingerprint density at radius 1 is 0.895 bits per heavy atom. The molecule has 5 amide bonds. The number of hydrogen-bond donors (Lipinski definition) is 4. The number of hydrogen-bond acceptors (Lipinski definition) is 10. The summed E-state index contributed by atoms with van der Waals surface area (Å²) < 4.78 is 1.94. The molecule has 0 aliphatic carbocycles. The monoisotopic (exact) mass is 768 g/mol. The third-order valence-electron chi connectivity index (χ3n) is 11.0. The number of carbonyl (C=O) groups is 5. The molecule has 57 heavy (non-hydrogen) atoms. The van der Waals surface area contributed by atoms with E-state index < -0.39 is 11.9 Å². The van der Waals surface area contributed by atoms with Gasteiger partial charge in [0, 0.05) is 79.0 Å². The van der Waals surface area contributed by atoms with Crippen molar-refractivity contribution in [2.45, 2.75) is 76.4 Å². The highest BCUT2D eigenvalue weighted by molar-refractivity contribution is 6.06. The number of nitrogens with two attached hydrogens (primary N) is 1. The predicted molar refractivity (Wildman–Crippen MR) is 213 cm³/mol. The predicted octanol–water partition coefficient (Wildman–Crippen LogP) is 5.11. The fourth-order valence-corrected chi connectivity index (χ4v) is 8.13. The molecule has 3 aromatic heterocycles. The van der Waals surface area contributed by atoms with Crippen LogP contribution in [0.1, 0.15) is 95.9 Å². The molecule has 8 rings (SSSR count). The van der Waals surface area contributed by atoms with E-state index in [4.69, 9.17) is 10.7 Å². The lowest BCUT2D eigenvalue weighted by atomic mass is 10.0. The zero-order valence-electron chi connectivity index (χ0n) is 31.4. The van der Waals surface area contributed by atoms with Gasteiger partial charge in [-0.05, 0) is 68.5 Å². The highest BCUT2D eigenvalue weighted by atomic mass is 16.2. The molecule has 0 spiro atoms. The van der Waals surface area contributed by atoms with Crippen molar-refractivity contribution < 1.29 is 24.0 Å². The summed E-state index contributed by atoms with van der Waals surface area (Å²) in [5.74, 6) is 0.440. The summed E-state index contributed by atoms with van der Waals surface area (Å²) >= 11 is 0. The van der Waals surface area contributed by atoms with Crippen molar-refractivity contribution in [3.63, 3.8) is 0 Å². The number of unbranched alkanes of at least 4 members (excludes halogenated alkanes) is 3. The number of nitrogens with zero attached hydrogens (tertiary/aromatic N) is 6. The molecule has 2 saturated heterocycles. The van der Waals surface area contributed by atoms with Crippen molar-refractivity contribution in [1.29, 1.82) is 0 Å². The minimum Gasteiger partial charge on any atom is -0.385 e. The van der Waals surface area contributed by atoms with Gasteiger partial charge in [-0.1, -0.05) is 37.1 Å². The van der Waals surface area contributed by atoms with Gasteiger partial charge in [0.15, 0.2) is 0 Å². The summed E-state index contributed by atoms with van der Waals surface area (Å²) in [6.45, 7) is 1.69. The lowest BCUT2D eigenvalue weighted by Gasteiger charge is -2.29. The number of imide groups is 1. The van der Waals surface area contributed by atoms with Crippen molar-refractivity contribution in [3.05, 3.63) is 102 Å².